The van der Waals surface area contributed by atoms with E-state index in [0.717, 1.165) is 19.6 Å². The normalized spacial score (nSPS) is 19.5. The minimum Gasteiger partial charge on any atom is -0.395 e. The van der Waals surface area contributed by atoms with Crippen molar-refractivity contribution in [3.05, 3.63) is 0 Å². The maximum absolute atomic E-state index is 8.89. The van der Waals surface area contributed by atoms with Crippen LogP contribution in [-0.4, -0.2) is 85.8 Å². The Bertz CT molecular complexity index is 170. The highest BCUT2D eigenvalue weighted by Crippen LogP contribution is 2.01. The quantitative estimate of drug-likeness (QED) is 0.662. The highest BCUT2D eigenvalue weighted by Gasteiger charge is 2.13. The lowest BCUT2D eigenvalue weighted by Gasteiger charge is -2.32. The van der Waals surface area contributed by atoms with Crippen LogP contribution in [0.25, 0.3) is 0 Å². The van der Waals surface area contributed by atoms with Crippen LogP contribution in [0.3, 0.4) is 0 Å². The van der Waals surface area contributed by atoms with E-state index in [0.29, 0.717) is 0 Å². The van der Waals surface area contributed by atoms with Crippen molar-refractivity contribution in [3.63, 3.8) is 0 Å². The van der Waals surface area contributed by atoms with Gasteiger partial charge in [-0.15, -0.1) is 0 Å². The first-order valence-electron chi connectivity index (χ1n) is 6.50. The topological polar surface area (TPSA) is 30.0 Å². The van der Waals surface area contributed by atoms with E-state index in [-0.39, 0.29) is 6.61 Å². The second-order valence-electron chi connectivity index (χ2n) is 4.66. The molecule has 4 heteroatoms. The lowest BCUT2D eigenvalue weighted by molar-refractivity contribution is 0.142. The van der Waals surface area contributed by atoms with Crippen LogP contribution < -0.4 is 0 Å². The number of piperazine rings is 1. The van der Waals surface area contributed by atoms with Gasteiger partial charge in [0.25, 0.3) is 0 Å². The summed E-state index contributed by atoms with van der Waals surface area (Å²) in [6.45, 7) is 11.4. The molecule has 1 aliphatic heterocycles. The lowest BCUT2D eigenvalue weighted by Crippen LogP contribution is -2.45. The number of likely N-dealkylation sites (N-methyl/N-ethyl adjacent to an activating group) is 2. The van der Waals surface area contributed by atoms with E-state index >= 15 is 0 Å². The summed E-state index contributed by atoms with van der Waals surface area (Å²) in [7, 11) is 2.19. The van der Waals surface area contributed by atoms with E-state index < -0.39 is 0 Å². The molecule has 0 amide bonds. The Morgan fingerprint density at radius 2 is 1.81 bits per heavy atom. The molecule has 1 rings (SSSR count). The number of nitrogens with zero attached hydrogens (tertiary/aromatic N) is 3. The van der Waals surface area contributed by atoms with Gasteiger partial charge >= 0.3 is 0 Å². The van der Waals surface area contributed by atoms with Crippen molar-refractivity contribution in [2.75, 3.05) is 66.0 Å². The first-order valence-corrected chi connectivity index (χ1v) is 6.50. The average molecular weight is 229 g/mol. The lowest BCUT2D eigenvalue weighted by atomic mass is 10.3. The Hall–Kier alpha value is -0.160. The van der Waals surface area contributed by atoms with Gasteiger partial charge in [-0.05, 0) is 33.1 Å². The van der Waals surface area contributed by atoms with Gasteiger partial charge in [0.1, 0.15) is 0 Å². The van der Waals surface area contributed by atoms with Crippen LogP contribution in [0.4, 0.5) is 0 Å². The van der Waals surface area contributed by atoms with Gasteiger partial charge in [-0.2, -0.15) is 0 Å². The van der Waals surface area contributed by atoms with Crippen molar-refractivity contribution in [1.82, 2.24) is 14.7 Å². The van der Waals surface area contributed by atoms with Gasteiger partial charge in [-0.3, -0.25) is 0 Å². The fraction of sp³-hybridized carbons (Fsp3) is 1.00. The fourth-order valence-corrected chi connectivity index (χ4v) is 2.16. The molecule has 16 heavy (non-hydrogen) atoms. The van der Waals surface area contributed by atoms with Crippen LogP contribution in [0.5, 0.6) is 0 Å². The summed E-state index contributed by atoms with van der Waals surface area (Å²) in [5.41, 5.74) is 0. The molecule has 1 aliphatic rings. The molecule has 0 aromatic rings. The number of aliphatic hydroxyl groups is 1. The summed E-state index contributed by atoms with van der Waals surface area (Å²) in [6.07, 6.45) is 1.22. The standard InChI is InChI=1S/C12H27N3O/c1-3-14(11-12-16)5-4-6-15-9-7-13(2)8-10-15/h16H,3-12H2,1-2H3. The Labute approximate surface area is 99.8 Å². The molecule has 1 N–H and O–H groups in total. The summed E-state index contributed by atoms with van der Waals surface area (Å²) < 4.78 is 0. The number of hydrogen-bond acceptors (Lipinski definition) is 4. The van der Waals surface area contributed by atoms with E-state index in [2.05, 4.69) is 28.7 Å². The van der Waals surface area contributed by atoms with E-state index in [1.807, 2.05) is 0 Å². The number of aliphatic hydroxyl groups excluding tert-OH is 1. The van der Waals surface area contributed by atoms with Gasteiger partial charge in [-0.1, -0.05) is 6.92 Å². The molecule has 0 aliphatic carbocycles. The van der Waals surface area contributed by atoms with Gasteiger partial charge in [-0.25, -0.2) is 0 Å². The van der Waals surface area contributed by atoms with E-state index in [1.165, 1.54) is 39.1 Å². The van der Waals surface area contributed by atoms with Crippen molar-refractivity contribution in [3.8, 4) is 0 Å². The monoisotopic (exact) mass is 229 g/mol. The van der Waals surface area contributed by atoms with Crippen molar-refractivity contribution in [1.29, 1.82) is 0 Å². The SMILES string of the molecule is CCN(CCO)CCCN1CCN(C)CC1. The smallest absolute Gasteiger partial charge is 0.0558 e. The largest absolute Gasteiger partial charge is 0.395 e. The summed E-state index contributed by atoms with van der Waals surface area (Å²) >= 11 is 0. The third-order valence-electron chi connectivity index (χ3n) is 3.41. The van der Waals surface area contributed by atoms with Gasteiger partial charge in [0, 0.05) is 32.7 Å². The molecule has 0 saturated carbocycles. The molecular weight excluding hydrogens is 202 g/mol. The first-order chi connectivity index (χ1) is 7.76. The minimum atomic E-state index is 0.280. The molecule has 0 radical (unpaired) electrons. The predicted octanol–water partition coefficient (Wildman–Crippen LogP) is -0.0619. The Morgan fingerprint density at radius 3 is 2.38 bits per heavy atom. The second kappa shape index (κ2) is 8.01. The summed E-state index contributed by atoms with van der Waals surface area (Å²) in [4.78, 5) is 7.25. The molecule has 0 atom stereocenters. The maximum Gasteiger partial charge on any atom is 0.0558 e. The van der Waals surface area contributed by atoms with Crippen molar-refractivity contribution in [2.24, 2.45) is 0 Å². The van der Waals surface area contributed by atoms with E-state index in [9.17, 15) is 0 Å². The molecule has 0 spiro atoms. The predicted molar refractivity (Wildman–Crippen MR) is 67.8 cm³/mol. The van der Waals surface area contributed by atoms with Crippen molar-refractivity contribution >= 4 is 0 Å². The van der Waals surface area contributed by atoms with Crippen molar-refractivity contribution < 1.29 is 5.11 Å². The highest BCUT2D eigenvalue weighted by atomic mass is 16.3. The molecule has 0 aromatic heterocycles. The molecule has 96 valence electrons. The van der Waals surface area contributed by atoms with Crippen LogP contribution in [0, 0.1) is 0 Å². The average Bonchev–Trinajstić information content (AvgIpc) is 2.30. The third-order valence-corrected chi connectivity index (χ3v) is 3.41. The highest BCUT2D eigenvalue weighted by molar-refractivity contribution is 4.69. The molecular formula is C12H27N3O. The number of rotatable bonds is 7. The van der Waals surface area contributed by atoms with Crippen LogP contribution in [0.2, 0.25) is 0 Å². The van der Waals surface area contributed by atoms with Crippen LogP contribution >= 0.6 is 0 Å². The zero-order valence-corrected chi connectivity index (χ0v) is 10.9. The first kappa shape index (κ1) is 13.9. The summed E-state index contributed by atoms with van der Waals surface area (Å²) in [5, 5.41) is 8.89. The van der Waals surface area contributed by atoms with Gasteiger partial charge < -0.3 is 19.8 Å². The Balaban J connectivity index is 2.05. The zero-order valence-electron chi connectivity index (χ0n) is 10.9. The van der Waals surface area contributed by atoms with E-state index in [4.69, 9.17) is 5.11 Å². The summed E-state index contributed by atoms with van der Waals surface area (Å²) in [5.74, 6) is 0. The molecule has 1 saturated heterocycles. The molecule has 1 fully saturated rings. The third kappa shape index (κ3) is 5.25. The molecule has 0 bridgehead atoms. The molecule has 0 unspecified atom stereocenters. The van der Waals surface area contributed by atoms with Crippen LogP contribution in [-0.2, 0) is 0 Å². The molecule has 0 aromatic carbocycles. The second-order valence-corrected chi connectivity index (χ2v) is 4.66. The van der Waals surface area contributed by atoms with Crippen LogP contribution in [0.1, 0.15) is 13.3 Å². The zero-order chi connectivity index (χ0) is 11.8. The summed E-state index contributed by atoms with van der Waals surface area (Å²) in [6, 6.07) is 0. The van der Waals surface area contributed by atoms with Gasteiger partial charge in [0.05, 0.1) is 6.61 Å². The van der Waals surface area contributed by atoms with Crippen molar-refractivity contribution in [2.45, 2.75) is 13.3 Å². The maximum atomic E-state index is 8.89. The van der Waals surface area contributed by atoms with Crippen LogP contribution in [0.15, 0.2) is 0 Å². The number of hydrogen-bond donors (Lipinski definition) is 1. The minimum absolute atomic E-state index is 0.280. The molecule has 4 nitrogen and oxygen atoms in total. The molecule has 1 heterocycles. The van der Waals surface area contributed by atoms with Gasteiger partial charge in [0.15, 0.2) is 0 Å². The Kier molecular flexibility index (Phi) is 6.96. The van der Waals surface area contributed by atoms with E-state index in [1.54, 1.807) is 0 Å². The fourth-order valence-electron chi connectivity index (χ4n) is 2.16. The van der Waals surface area contributed by atoms with Gasteiger partial charge in [0.2, 0.25) is 0 Å². The Morgan fingerprint density at radius 1 is 1.12 bits per heavy atom.